The molecule has 0 unspecified atom stereocenters. The molecule has 1 aliphatic rings. The number of carbonyl (C=O) groups excluding carboxylic acids is 2. The summed E-state index contributed by atoms with van der Waals surface area (Å²) in [6.45, 7) is 3.97. The Labute approximate surface area is 71.0 Å². The summed E-state index contributed by atoms with van der Waals surface area (Å²) in [5, 5.41) is 4.98. The normalized spacial score (nSPS) is 21.1. The van der Waals surface area contributed by atoms with Crippen LogP contribution in [-0.2, 0) is 9.59 Å². The van der Waals surface area contributed by atoms with Crippen LogP contribution in [0.5, 0.6) is 0 Å². The second kappa shape index (κ2) is 3.38. The fraction of sp³-hybridized carbons (Fsp3) is 0.500. The summed E-state index contributed by atoms with van der Waals surface area (Å²) >= 11 is 0. The topological polar surface area (TPSA) is 58.2 Å². The zero-order chi connectivity index (χ0) is 9.14. The van der Waals surface area contributed by atoms with Crippen LogP contribution < -0.4 is 10.6 Å². The average Bonchev–Trinajstić information content (AvgIpc) is 1.96. The van der Waals surface area contributed by atoms with Gasteiger partial charge in [-0.05, 0) is 5.92 Å². The van der Waals surface area contributed by atoms with Gasteiger partial charge in [-0.1, -0.05) is 19.9 Å². The summed E-state index contributed by atoms with van der Waals surface area (Å²) in [5.74, 6) is -0.117. The maximum Gasteiger partial charge on any atom is 0.267 e. The lowest BCUT2D eigenvalue weighted by atomic mass is 10.1. The lowest BCUT2D eigenvalue weighted by Gasteiger charge is -2.16. The van der Waals surface area contributed by atoms with Gasteiger partial charge in [-0.2, -0.15) is 0 Å². The third-order valence-corrected chi connectivity index (χ3v) is 1.43. The van der Waals surface area contributed by atoms with Gasteiger partial charge in [-0.15, -0.1) is 0 Å². The smallest absolute Gasteiger partial charge is 0.267 e. The second-order valence-corrected chi connectivity index (χ2v) is 3.06. The zero-order valence-electron chi connectivity index (χ0n) is 7.18. The average molecular weight is 168 g/mol. The molecule has 1 saturated heterocycles. The second-order valence-electron chi connectivity index (χ2n) is 3.06. The Morgan fingerprint density at radius 2 is 2.08 bits per heavy atom. The van der Waals surface area contributed by atoms with Crippen molar-refractivity contribution in [3.63, 3.8) is 0 Å². The molecule has 0 radical (unpaired) electrons. The highest BCUT2D eigenvalue weighted by molar-refractivity contribution is 6.02. The molecule has 0 aromatic carbocycles. The van der Waals surface area contributed by atoms with E-state index in [0.29, 0.717) is 5.70 Å². The van der Waals surface area contributed by atoms with Gasteiger partial charge in [0.05, 0.1) is 6.54 Å². The number of nitrogens with one attached hydrogen (secondary N) is 2. The van der Waals surface area contributed by atoms with E-state index in [1.165, 1.54) is 0 Å². The standard InChI is InChI=1S/C8H12N2O2/c1-5(2)3-6-8(12)9-4-7(11)10-6/h3,5H,4H2,1-2H3,(H,9,12)(H,10,11)/b6-3+. The van der Waals surface area contributed by atoms with Crippen molar-refractivity contribution in [2.24, 2.45) is 5.92 Å². The summed E-state index contributed by atoms with van der Waals surface area (Å²) < 4.78 is 0. The molecular formula is C8H12N2O2. The Hall–Kier alpha value is -1.32. The first-order valence-electron chi connectivity index (χ1n) is 3.89. The van der Waals surface area contributed by atoms with E-state index < -0.39 is 0 Å². The maximum atomic E-state index is 11.1. The van der Waals surface area contributed by atoms with Gasteiger partial charge in [0, 0.05) is 0 Å². The first kappa shape index (κ1) is 8.77. The molecule has 66 valence electrons. The number of hydrogen-bond acceptors (Lipinski definition) is 2. The number of allylic oxidation sites excluding steroid dienone is 1. The summed E-state index contributed by atoms with van der Waals surface area (Å²) in [7, 11) is 0. The number of hydrogen-bond donors (Lipinski definition) is 2. The summed E-state index contributed by atoms with van der Waals surface area (Å²) in [4.78, 5) is 21.9. The molecule has 4 nitrogen and oxygen atoms in total. The van der Waals surface area contributed by atoms with Crippen molar-refractivity contribution in [1.29, 1.82) is 0 Å². The number of piperazine rings is 1. The van der Waals surface area contributed by atoms with E-state index in [1.807, 2.05) is 13.8 Å². The van der Waals surface area contributed by atoms with E-state index in [0.717, 1.165) is 0 Å². The number of carbonyl (C=O) groups is 2. The van der Waals surface area contributed by atoms with E-state index in [2.05, 4.69) is 10.6 Å². The van der Waals surface area contributed by atoms with Crippen molar-refractivity contribution in [3.05, 3.63) is 11.8 Å². The highest BCUT2D eigenvalue weighted by Crippen LogP contribution is 2.01. The van der Waals surface area contributed by atoms with Gasteiger partial charge in [-0.25, -0.2) is 0 Å². The van der Waals surface area contributed by atoms with Crippen molar-refractivity contribution >= 4 is 11.8 Å². The van der Waals surface area contributed by atoms with Crippen molar-refractivity contribution in [3.8, 4) is 0 Å². The first-order valence-corrected chi connectivity index (χ1v) is 3.89. The molecule has 1 rings (SSSR count). The molecule has 0 saturated carbocycles. The van der Waals surface area contributed by atoms with Crippen LogP contribution in [0.1, 0.15) is 13.8 Å². The SMILES string of the molecule is CC(C)/C=C1/NC(=O)CNC1=O. The Morgan fingerprint density at radius 3 is 2.67 bits per heavy atom. The summed E-state index contributed by atoms with van der Waals surface area (Å²) in [5.41, 5.74) is 0.362. The quantitative estimate of drug-likeness (QED) is 0.531. The van der Waals surface area contributed by atoms with Gasteiger partial charge in [0.15, 0.2) is 0 Å². The van der Waals surface area contributed by atoms with Gasteiger partial charge in [0.2, 0.25) is 5.91 Å². The monoisotopic (exact) mass is 168 g/mol. The highest BCUT2D eigenvalue weighted by Gasteiger charge is 2.18. The van der Waals surface area contributed by atoms with Gasteiger partial charge in [0.1, 0.15) is 5.70 Å². The molecule has 1 aliphatic heterocycles. The van der Waals surface area contributed by atoms with Gasteiger partial charge < -0.3 is 10.6 Å². The predicted molar refractivity (Wildman–Crippen MR) is 44.1 cm³/mol. The van der Waals surface area contributed by atoms with Gasteiger partial charge in [-0.3, -0.25) is 9.59 Å². The minimum Gasteiger partial charge on any atom is -0.342 e. The minimum atomic E-state index is -0.205. The molecule has 1 fully saturated rings. The van der Waals surface area contributed by atoms with Crippen LogP contribution >= 0.6 is 0 Å². The zero-order valence-corrected chi connectivity index (χ0v) is 7.18. The minimum absolute atomic E-state index is 0.0776. The molecule has 2 N–H and O–H groups in total. The van der Waals surface area contributed by atoms with Gasteiger partial charge in [0.25, 0.3) is 5.91 Å². The third-order valence-electron chi connectivity index (χ3n) is 1.43. The van der Waals surface area contributed by atoms with Crippen LogP contribution in [0.15, 0.2) is 11.8 Å². The molecule has 0 spiro atoms. The van der Waals surface area contributed by atoms with E-state index >= 15 is 0 Å². The van der Waals surface area contributed by atoms with Crippen LogP contribution in [0.3, 0.4) is 0 Å². The molecule has 4 heteroatoms. The molecule has 2 amide bonds. The van der Waals surface area contributed by atoms with Crippen LogP contribution in [0.2, 0.25) is 0 Å². The molecular weight excluding hydrogens is 156 g/mol. The van der Waals surface area contributed by atoms with E-state index in [4.69, 9.17) is 0 Å². The lowest BCUT2D eigenvalue weighted by Crippen LogP contribution is -2.47. The predicted octanol–water partition coefficient (Wildman–Crippen LogP) is -0.228. The molecule has 0 aliphatic carbocycles. The Kier molecular flexibility index (Phi) is 2.47. The molecule has 12 heavy (non-hydrogen) atoms. The largest absolute Gasteiger partial charge is 0.342 e. The van der Waals surface area contributed by atoms with Crippen LogP contribution in [0, 0.1) is 5.92 Å². The maximum absolute atomic E-state index is 11.1. The van der Waals surface area contributed by atoms with Crippen molar-refractivity contribution in [2.45, 2.75) is 13.8 Å². The van der Waals surface area contributed by atoms with Crippen LogP contribution in [0.25, 0.3) is 0 Å². The fourth-order valence-electron chi connectivity index (χ4n) is 0.958. The molecule has 0 bridgehead atoms. The van der Waals surface area contributed by atoms with Gasteiger partial charge >= 0.3 is 0 Å². The third kappa shape index (κ3) is 2.08. The summed E-state index contributed by atoms with van der Waals surface area (Å²) in [6.07, 6.45) is 1.73. The fourth-order valence-corrected chi connectivity index (χ4v) is 0.958. The lowest BCUT2D eigenvalue weighted by molar-refractivity contribution is -0.128. The highest BCUT2D eigenvalue weighted by atomic mass is 16.2. The van der Waals surface area contributed by atoms with E-state index in [9.17, 15) is 9.59 Å². The Bertz CT molecular complexity index is 243. The number of amides is 2. The van der Waals surface area contributed by atoms with Crippen LogP contribution in [-0.4, -0.2) is 18.4 Å². The Morgan fingerprint density at radius 1 is 1.42 bits per heavy atom. The number of rotatable bonds is 1. The molecule has 1 heterocycles. The van der Waals surface area contributed by atoms with Crippen molar-refractivity contribution in [2.75, 3.05) is 6.54 Å². The van der Waals surface area contributed by atoms with Crippen molar-refractivity contribution in [1.82, 2.24) is 10.6 Å². The molecule has 0 aromatic heterocycles. The first-order chi connectivity index (χ1) is 5.59. The molecule has 0 aromatic rings. The van der Waals surface area contributed by atoms with E-state index in [1.54, 1.807) is 6.08 Å². The van der Waals surface area contributed by atoms with Crippen molar-refractivity contribution < 1.29 is 9.59 Å². The Balaban J connectivity index is 2.73. The van der Waals surface area contributed by atoms with Crippen LogP contribution in [0.4, 0.5) is 0 Å². The summed E-state index contributed by atoms with van der Waals surface area (Å²) in [6, 6.07) is 0. The van der Waals surface area contributed by atoms with E-state index in [-0.39, 0.29) is 24.3 Å². The molecule has 0 atom stereocenters.